The second kappa shape index (κ2) is 5.85. The summed E-state index contributed by atoms with van der Waals surface area (Å²) in [6, 6.07) is 3.17. The van der Waals surface area contributed by atoms with Crippen molar-refractivity contribution in [2.45, 2.75) is 18.8 Å². The van der Waals surface area contributed by atoms with Crippen LogP contribution in [0.25, 0.3) is 0 Å². The van der Waals surface area contributed by atoms with Gasteiger partial charge in [-0.1, -0.05) is 6.07 Å². The summed E-state index contributed by atoms with van der Waals surface area (Å²) >= 11 is 0. The summed E-state index contributed by atoms with van der Waals surface area (Å²) in [5.74, 6) is 0. The third-order valence-electron chi connectivity index (χ3n) is 3.10. The van der Waals surface area contributed by atoms with Crippen molar-refractivity contribution in [1.29, 1.82) is 0 Å². The van der Waals surface area contributed by atoms with Crippen LogP contribution in [0.2, 0.25) is 0 Å². The summed E-state index contributed by atoms with van der Waals surface area (Å²) in [5.41, 5.74) is 0.128. The van der Waals surface area contributed by atoms with E-state index < -0.39 is 12.3 Å². The zero-order valence-corrected chi connectivity index (χ0v) is 10.3. The molecule has 1 aliphatic heterocycles. The molecule has 7 heteroatoms. The lowest BCUT2D eigenvalue weighted by Gasteiger charge is -2.28. The maximum atomic E-state index is 12.6. The molecule has 4 nitrogen and oxygen atoms in total. The monoisotopic (exact) mass is 275 g/mol. The number of rotatable bonds is 3. The molecule has 1 aliphatic rings. The van der Waals surface area contributed by atoms with Gasteiger partial charge in [-0.15, -0.1) is 0 Å². The third kappa shape index (κ3) is 3.65. The van der Waals surface area contributed by atoms with E-state index in [1.807, 2.05) is 4.90 Å². The molecule has 2 heterocycles. The van der Waals surface area contributed by atoms with Crippen molar-refractivity contribution in [2.24, 2.45) is 0 Å². The molecule has 106 valence electrons. The van der Waals surface area contributed by atoms with Gasteiger partial charge in [-0.25, -0.2) is 0 Å². The molecule has 0 saturated carbocycles. The van der Waals surface area contributed by atoms with Crippen LogP contribution in [0.4, 0.5) is 13.2 Å². The van der Waals surface area contributed by atoms with Gasteiger partial charge in [-0.3, -0.25) is 9.88 Å². The Kier molecular flexibility index (Phi) is 4.38. The van der Waals surface area contributed by atoms with Crippen LogP contribution in [-0.2, 0) is 6.54 Å². The fourth-order valence-corrected chi connectivity index (χ4v) is 2.10. The van der Waals surface area contributed by atoms with Crippen molar-refractivity contribution < 1.29 is 18.3 Å². The van der Waals surface area contributed by atoms with Crippen LogP contribution in [0.1, 0.15) is 17.4 Å². The maximum Gasteiger partial charge on any atom is 0.420 e. The molecule has 0 aromatic carbocycles. The van der Waals surface area contributed by atoms with Crippen molar-refractivity contribution in [3.05, 3.63) is 29.6 Å². The Bertz CT molecular complexity index is 419. The topological polar surface area (TPSA) is 48.4 Å². The molecule has 0 radical (unpaired) electrons. The normalized spacial score (nSPS) is 19.4. The maximum absolute atomic E-state index is 12.6. The summed E-state index contributed by atoms with van der Waals surface area (Å²) in [6.07, 6.45) is -5.94. The third-order valence-corrected chi connectivity index (χ3v) is 3.10. The molecular formula is C12H16F3N3O. The van der Waals surface area contributed by atoms with E-state index in [0.29, 0.717) is 12.1 Å². The largest absolute Gasteiger partial charge is 0.420 e. The van der Waals surface area contributed by atoms with Crippen LogP contribution in [0, 0.1) is 0 Å². The number of aromatic nitrogens is 1. The molecule has 2 rings (SSSR count). The number of pyridine rings is 1. The van der Waals surface area contributed by atoms with Gasteiger partial charge in [-0.05, 0) is 11.6 Å². The van der Waals surface area contributed by atoms with Gasteiger partial charge in [0.25, 0.3) is 0 Å². The van der Waals surface area contributed by atoms with Crippen LogP contribution in [-0.4, -0.2) is 47.3 Å². The zero-order valence-electron chi connectivity index (χ0n) is 10.3. The molecule has 19 heavy (non-hydrogen) atoms. The Labute approximate surface area is 109 Å². The predicted molar refractivity (Wildman–Crippen MR) is 63.4 cm³/mol. The second-order valence-corrected chi connectivity index (χ2v) is 4.52. The molecular weight excluding hydrogens is 259 g/mol. The van der Waals surface area contributed by atoms with E-state index in [1.54, 1.807) is 12.1 Å². The van der Waals surface area contributed by atoms with E-state index in [9.17, 15) is 18.3 Å². The van der Waals surface area contributed by atoms with Gasteiger partial charge in [0.15, 0.2) is 6.10 Å². The minimum absolute atomic E-state index is 0.298. The summed E-state index contributed by atoms with van der Waals surface area (Å²) in [7, 11) is 0. The first-order valence-corrected chi connectivity index (χ1v) is 6.10. The molecule has 0 bridgehead atoms. The smallest absolute Gasteiger partial charge is 0.378 e. The molecule has 0 aliphatic carbocycles. The Morgan fingerprint density at radius 3 is 2.68 bits per heavy atom. The van der Waals surface area contributed by atoms with Gasteiger partial charge in [0.05, 0.1) is 5.69 Å². The molecule has 1 atom stereocenters. The fraction of sp³-hybridized carbons (Fsp3) is 0.583. The number of nitrogens with one attached hydrogen (secondary N) is 1. The zero-order chi connectivity index (χ0) is 13.9. The first-order valence-electron chi connectivity index (χ1n) is 6.10. The number of halogens is 3. The lowest BCUT2D eigenvalue weighted by molar-refractivity contribution is -0.208. The van der Waals surface area contributed by atoms with Gasteiger partial charge < -0.3 is 10.4 Å². The van der Waals surface area contributed by atoms with Gasteiger partial charge >= 0.3 is 6.18 Å². The Morgan fingerprint density at radius 1 is 1.37 bits per heavy atom. The molecule has 1 aromatic rings. The van der Waals surface area contributed by atoms with Gasteiger partial charge in [0, 0.05) is 38.9 Å². The van der Waals surface area contributed by atoms with Gasteiger partial charge in [-0.2, -0.15) is 13.2 Å². The highest BCUT2D eigenvalue weighted by Crippen LogP contribution is 2.33. The quantitative estimate of drug-likeness (QED) is 0.867. The first-order chi connectivity index (χ1) is 8.98. The summed E-state index contributed by atoms with van der Waals surface area (Å²) in [5, 5.41) is 12.5. The fourth-order valence-electron chi connectivity index (χ4n) is 2.10. The lowest BCUT2D eigenvalue weighted by Crippen LogP contribution is -2.43. The Hall–Kier alpha value is -1.18. The number of alkyl halides is 3. The number of hydrogen-bond donors (Lipinski definition) is 2. The van der Waals surface area contributed by atoms with Crippen molar-refractivity contribution >= 4 is 0 Å². The predicted octanol–water partition coefficient (Wildman–Crippen LogP) is 1.08. The van der Waals surface area contributed by atoms with Crippen molar-refractivity contribution in [3.8, 4) is 0 Å². The van der Waals surface area contributed by atoms with Crippen LogP contribution < -0.4 is 5.32 Å². The van der Waals surface area contributed by atoms with Crippen LogP contribution in [0.3, 0.4) is 0 Å². The highest BCUT2D eigenvalue weighted by atomic mass is 19.4. The van der Waals surface area contributed by atoms with E-state index in [0.717, 1.165) is 26.2 Å². The molecule has 1 saturated heterocycles. The Balaban J connectivity index is 2.16. The molecule has 0 amide bonds. The number of hydrogen-bond acceptors (Lipinski definition) is 4. The van der Waals surface area contributed by atoms with Crippen molar-refractivity contribution in [2.75, 3.05) is 26.2 Å². The molecule has 1 aromatic heterocycles. The number of aliphatic hydroxyl groups excluding tert-OH is 1. The van der Waals surface area contributed by atoms with E-state index in [4.69, 9.17) is 0 Å². The highest BCUT2D eigenvalue weighted by Gasteiger charge is 2.41. The minimum atomic E-state index is -4.69. The molecule has 1 fully saturated rings. The summed E-state index contributed by atoms with van der Waals surface area (Å²) in [4.78, 5) is 5.74. The first kappa shape index (κ1) is 14.2. The standard InChI is InChI=1S/C12H16F3N3O/c13-12(14,15)11(19)10-9(2-1-3-17-10)8-18-6-4-16-5-7-18/h1-3,11,16,19H,4-8H2. The SMILES string of the molecule is OC(c1ncccc1CN1CCNCC1)C(F)(F)F. The number of nitrogens with zero attached hydrogens (tertiary/aromatic N) is 2. The van der Waals surface area contributed by atoms with Crippen molar-refractivity contribution in [3.63, 3.8) is 0 Å². The number of aliphatic hydroxyl groups is 1. The summed E-state index contributed by atoms with van der Waals surface area (Å²) < 4.78 is 37.7. The Morgan fingerprint density at radius 2 is 2.05 bits per heavy atom. The minimum Gasteiger partial charge on any atom is -0.378 e. The highest BCUT2D eigenvalue weighted by molar-refractivity contribution is 5.22. The lowest BCUT2D eigenvalue weighted by atomic mass is 10.1. The van der Waals surface area contributed by atoms with Crippen LogP contribution in [0.5, 0.6) is 0 Å². The van der Waals surface area contributed by atoms with Gasteiger partial charge in [0.2, 0.25) is 0 Å². The van der Waals surface area contributed by atoms with Crippen LogP contribution >= 0.6 is 0 Å². The van der Waals surface area contributed by atoms with Gasteiger partial charge in [0.1, 0.15) is 0 Å². The summed E-state index contributed by atoms with van der Waals surface area (Å²) in [6.45, 7) is 3.56. The average molecular weight is 275 g/mol. The average Bonchev–Trinajstić information content (AvgIpc) is 2.39. The number of piperazine rings is 1. The second-order valence-electron chi connectivity index (χ2n) is 4.52. The molecule has 1 unspecified atom stereocenters. The molecule has 2 N–H and O–H groups in total. The van der Waals surface area contributed by atoms with Crippen molar-refractivity contribution in [1.82, 2.24) is 15.2 Å². The molecule has 0 spiro atoms. The van der Waals surface area contributed by atoms with E-state index in [-0.39, 0.29) is 5.69 Å². The van der Waals surface area contributed by atoms with E-state index in [2.05, 4.69) is 10.3 Å². The van der Waals surface area contributed by atoms with Crippen LogP contribution in [0.15, 0.2) is 18.3 Å². The van der Waals surface area contributed by atoms with E-state index in [1.165, 1.54) is 6.20 Å². The van der Waals surface area contributed by atoms with E-state index >= 15 is 0 Å².